The third-order valence-corrected chi connectivity index (χ3v) is 3.80. The van der Waals surface area contributed by atoms with Gasteiger partial charge in [0.25, 0.3) is 0 Å². The van der Waals surface area contributed by atoms with E-state index >= 15 is 0 Å². The molecule has 0 amide bonds. The van der Waals surface area contributed by atoms with Crippen molar-refractivity contribution in [1.29, 1.82) is 0 Å². The standard InChI is InChI=1S/C16H21F3N2O2/c1-12(22)23-14-4-2-3-13(11-14)15(5-6-16(17,18)19)21-9-7-20-8-10-21/h2-4,11,15,20H,5-10H2,1H3/t15-/m0/s1. The van der Waals surface area contributed by atoms with Crippen molar-refractivity contribution < 1.29 is 22.7 Å². The molecule has 2 rings (SSSR count). The number of esters is 1. The van der Waals surface area contributed by atoms with E-state index in [4.69, 9.17) is 4.74 Å². The van der Waals surface area contributed by atoms with E-state index in [0.717, 1.165) is 18.7 Å². The third-order valence-electron chi connectivity index (χ3n) is 3.80. The number of piperazine rings is 1. The predicted molar refractivity (Wildman–Crippen MR) is 80.2 cm³/mol. The number of ether oxygens (including phenoxy) is 1. The number of nitrogens with zero attached hydrogens (tertiary/aromatic N) is 1. The summed E-state index contributed by atoms with van der Waals surface area (Å²) in [6.07, 6.45) is -5.02. The minimum atomic E-state index is -4.18. The first kappa shape index (κ1) is 17.7. The van der Waals surface area contributed by atoms with Crippen molar-refractivity contribution in [1.82, 2.24) is 10.2 Å². The van der Waals surface area contributed by atoms with E-state index in [9.17, 15) is 18.0 Å². The predicted octanol–water partition coefficient (Wildman–Crippen LogP) is 2.90. The summed E-state index contributed by atoms with van der Waals surface area (Å²) in [5, 5.41) is 3.20. The quantitative estimate of drug-likeness (QED) is 0.666. The van der Waals surface area contributed by atoms with Gasteiger partial charge in [0.05, 0.1) is 0 Å². The lowest BCUT2D eigenvalue weighted by atomic mass is 9.99. The molecule has 0 unspecified atom stereocenters. The van der Waals surface area contributed by atoms with E-state index in [-0.39, 0.29) is 12.5 Å². The number of carbonyl (C=O) groups is 1. The summed E-state index contributed by atoms with van der Waals surface area (Å²) >= 11 is 0. The molecular formula is C16H21F3N2O2. The molecule has 1 fully saturated rings. The SMILES string of the molecule is CC(=O)Oc1cccc([C@H](CCC(F)(F)F)N2CCNCC2)c1. The maximum atomic E-state index is 12.6. The first-order chi connectivity index (χ1) is 10.8. The maximum Gasteiger partial charge on any atom is 0.389 e. The van der Waals surface area contributed by atoms with Gasteiger partial charge in [0.1, 0.15) is 5.75 Å². The molecule has 1 aliphatic rings. The molecule has 1 aromatic rings. The second kappa shape index (κ2) is 7.79. The summed E-state index contributed by atoms with van der Waals surface area (Å²) in [5.41, 5.74) is 0.745. The molecule has 1 aliphatic heterocycles. The fourth-order valence-corrected chi connectivity index (χ4v) is 2.81. The van der Waals surface area contributed by atoms with Crippen LogP contribution in [0.5, 0.6) is 5.75 Å². The summed E-state index contributed by atoms with van der Waals surface area (Å²) in [6.45, 7) is 4.20. The molecule has 0 saturated carbocycles. The van der Waals surface area contributed by atoms with Gasteiger partial charge >= 0.3 is 12.1 Å². The van der Waals surface area contributed by atoms with Crippen LogP contribution in [-0.4, -0.2) is 43.2 Å². The normalized spacial score (nSPS) is 17.7. The highest BCUT2D eigenvalue weighted by molar-refractivity contribution is 5.69. The van der Waals surface area contributed by atoms with Crippen LogP contribution in [-0.2, 0) is 4.79 Å². The van der Waals surface area contributed by atoms with Crippen LogP contribution in [0.2, 0.25) is 0 Å². The second-order valence-corrected chi connectivity index (χ2v) is 5.62. The Hall–Kier alpha value is -1.60. The van der Waals surface area contributed by atoms with Crippen LogP contribution < -0.4 is 10.1 Å². The monoisotopic (exact) mass is 330 g/mol. The van der Waals surface area contributed by atoms with Crippen molar-refractivity contribution >= 4 is 5.97 Å². The van der Waals surface area contributed by atoms with Crippen molar-refractivity contribution in [2.45, 2.75) is 32.0 Å². The van der Waals surface area contributed by atoms with Crippen molar-refractivity contribution in [3.63, 3.8) is 0 Å². The Kier molecular flexibility index (Phi) is 6.01. The number of halogens is 3. The molecule has 0 bridgehead atoms. The number of benzene rings is 1. The molecule has 0 spiro atoms. The molecule has 0 aromatic heterocycles. The highest BCUT2D eigenvalue weighted by atomic mass is 19.4. The Bertz CT molecular complexity index is 528. The van der Waals surface area contributed by atoms with Crippen LogP contribution in [0.15, 0.2) is 24.3 Å². The van der Waals surface area contributed by atoms with Crippen LogP contribution >= 0.6 is 0 Å². The van der Waals surface area contributed by atoms with Gasteiger partial charge in [-0.3, -0.25) is 9.69 Å². The number of hydrogen-bond donors (Lipinski definition) is 1. The zero-order chi connectivity index (χ0) is 16.9. The van der Waals surface area contributed by atoms with Gasteiger partial charge in [-0.25, -0.2) is 0 Å². The Morgan fingerprint density at radius 2 is 2.04 bits per heavy atom. The average molecular weight is 330 g/mol. The third kappa shape index (κ3) is 5.84. The molecule has 0 aliphatic carbocycles. The first-order valence-corrected chi connectivity index (χ1v) is 7.65. The fourth-order valence-electron chi connectivity index (χ4n) is 2.81. The van der Waals surface area contributed by atoms with Crippen molar-refractivity contribution in [2.75, 3.05) is 26.2 Å². The van der Waals surface area contributed by atoms with Crippen LogP contribution in [0.1, 0.15) is 31.4 Å². The smallest absolute Gasteiger partial charge is 0.389 e. The van der Waals surface area contributed by atoms with Gasteiger partial charge in [-0.1, -0.05) is 12.1 Å². The Labute approximate surface area is 133 Å². The summed E-state index contributed by atoms with van der Waals surface area (Å²) in [7, 11) is 0. The molecule has 1 atom stereocenters. The Morgan fingerprint density at radius 3 is 2.65 bits per heavy atom. The zero-order valence-corrected chi connectivity index (χ0v) is 13.0. The van der Waals surface area contributed by atoms with Crippen LogP contribution in [0, 0.1) is 0 Å². The van der Waals surface area contributed by atoms with Crippen LogP contribution in [0.3, 0.4) is 0 Å². The lowest BCUT2D eigenvalue weighted by Crippen LogP contribution is -2.45. The molecule has 0 radical (unpaired) electrons. The van der Waals surface area contributed by atoms with Gasteiger partial charge in [-0.15, -0.1) is 0 Å². The molecular weight excluding hydrogens is 309 g/mol. The number of rotatable bonds is 5. The minimum absolute atomic E-state index is 0.00692. The second-order valence-electron chi connectivity index (χ2n) is 5.62. The molecule has 7 heteroatoms. The molecule has 128 valence electrons. The Balaban J connectivity index is 2.19. The van der Waals surface area contributed by atoms with E-state index in [2.05, 4.69) is 10.2 Å². The van der Waals surface area contributed by atoms with Crippen molar-refractivity contribution in [2.24, 2.45) is 0 Å². The van der Waals surface area contributed by atoms with Gasteiger partial charge in [-0.2, -0.15) is 13.2 Å². The molecule has 1 heterocycles. The number of carbonyl (C=O) groups excluding carboxylic acids is 1. The van der Waals surface area contributed by atoms with Crippen LogP contribution in [0.25, 0.3) is 0 Å². The average Bonchev–Trinajstić information content (AvgIpc) is 2.47. The molecule has 1 N–H and O–H groups in total. The summed E-state index contributed by atoms with van der Waals surface area (Å²) in [4.78, 5) is 13.1. The topological polar surface area (TPSA) is 41.6 Å². The molecule has 23 heavy (non-hydrogen) atoms. The first-order valence-electron chi connectivity index (χ1n) is 7.65. The zero-order valence-electron chi connectivity index (χ0n) is 13.0. The minimum Gasteiger partial charge on any atom is -0.427 e. The summed E-state index contributed by atoms with van der Waals surface area (Å²) < 4.78 is 43.0. The molecule has 4 nitrogen and oxygen atoms in total. The van der Waals surface area contributed by atoms with E-state index in [1.807, 2.05) is 0 Å². The highest BCUT2D eigenvalue weighted by Crippen LogP contribution is 2.33. The molecule has 1 aromatic carbocycles. The number of alkyl halides is 3. The van der Waals surface area contributed by atoms with Gasteiger partial charge in [0, 0.05) is 45.6 Å². The highest BCUT2D eigenvalue weighted by Gasteiger charge is 2.31. The summed E-state index contributed by atoms with van der Waals surface area (Å²) in [5.74, 6) is -0.0849. The number of hydrogen-bond acceptors (Lipinski definition) is 4. The van der Waals surface area contributed by atoms with Gasteiger partial charge in [0.2, 0.25) is 0 Å². The van der Waals surface area contributed by atoms with E-state index in [1.54, 1.807) is 24.3 Å². The van der Waals surface area contributed by atoms with Crippen molar-refractivity contribution in [3.8, 4) is 5.75 Å². The fraction of sp³-hybridized carbons (Fsp3) is 0.562. The van der Waals surface area contributed by atoms with Gasteiger partial charge < -0.3 is 10.1 Å². The van der Waals surface area contributed by atoms with Crippen molar-refractivity contribution in [3.05, 3.63) is 29.8 Å². The lowest BCUT2D eigenvalue weighted by molar-refractivity contribution is -0.138. The largest absolute Gasteiger partial charge is 0.427 e. The van der Waals surface area contributed by atoms with E-state index < -0.39 is 18.6 Å². The number of nitrogens with one attached hydrogen (secondary N) is 1. The molecule has 1 saturated heterocycles. The van der Waals surface area contributed by atoms with Gasteiger partial charge in [-0.05, 0) is 24.1 Å². The van der Waals surface area contributed by atoms with E-state index in [1.165, 1.54) is 6.92 Å². The maximum absolute atomic E-state index is 12.6. The Morgan fingerprint density at radius 1 is 1.35 bits per heavy atom. The summed E-state index contributed by atoms with van der Waals surface area (Å²) in [6, 6.07) is 6.44. The van der Waals surface area contributed by atoms with Gasteiger partial charge in [0.15, 0.2) is 0 Å². The lowest BCUT2D eigenvalue weighted by Gasteiger charge is -2.35. The van der Waals surface area contributed by atoms with Crippen LogP contribution in [0.4, 0.5) is 13.2 Å². The van der Waals surface area contributed by atoms with E-state index in [0.29, 0.717) is 18.8 Å².